The molecule has 138 valence electrons. The number of benzene rings is 1. The van der Waals surface area contributed by atoms with Crippen molar-refractivity contribution in [3.05, 3.63) is 34.8 Å². The molecule has 1 aromatic heterocycles. The van der Waals surface area contributed by atoms with E-state index in [1.807, 2.05) is 31.2 Å². The Hall–Kier alpha value is -2.28. The number of aromatic nitrogens is 2. The van der Waals surface area contributed by atoms with Crippen LogP contribution in [0.4, 0.5) is 10.8 Å². The van der Waals surface area contributed by atoms with Crippen molar-refractivity contribution in [2.75, 3.05) is 16.8 Å². The van der Waals surface area contributed by atoms with Crippen LogP contribution in [0.1, 0.15) is 44.2 Å². The van der Waals surface area contributed by atoms with E-state index >= 15 is 0 Å². The summed E-state index contributed by atoms with van der Waals surface area (Å²) in [6, 6.07) is 7.72. The van der Waals surface area contributed by atoms with E-state index in [1.165, 1.54) is 11.3 Å². The maximum Gasteiger partial charge on any atom is 0.231 e. The summed E-state index contributed by atoms with van der Waals surface area (Å²) in [7, 11) is 0. The van der Waals surface area contributed by atoms with Crippen molar-refractivity contribution in [1.82, 2.24) is 10.2 Å². The Balaban J connectivity index is 1.68. The van der Waals surface area contributed by atoms with Gasteiger partial charge < -0.3 is 10.2 Å². The zero-order chi connectivity index (χ0) is 18.9. The second kappa shape index (κ2) is 7.15. The Bertz CT molecular complexity index is 830. The largest absolute Gasteiger partial charge is 0.311 e. The number of rotatable bonds is 5. The highest BCUT2D eigenvalue weighted by molar-refractivity contribution is 7.15. The maximum absolute atomic E-state index is 12.6. The molecule has 3 rings (SSSR count). The van der Waals surface area contributed by atoms with Crippen LogP contribution < -0.4 is 10.2 Å². The van der Waals surface area contributed by atoms with Crippen LogP contribution in [0.2, 0.25) is 0 Å². The fourth-order valence-corrected chi connectivity index (χ4v) is 3.81. The third-order valence-corrected chi connectivity index (χ3v) is 6.22. The Kier molecular flexibility index (Phi) is 5.09. The lowest BCUT2D eigenvalue weighted by Gasteiger charge is -2.18. The Morgan fingerprint density at radius 3 is 2.77 bits per heavy atom. The topological polar surface area (TPSA) is 75.2 Å². The molecule has 1 atom stereocenters. The smallest absolute Gasteiger partial charge is 0.231 e. The van der Waals surface area contributed by atoms with Gasteiger partial charge in [-0.15, -0.1) is 10.2 Å². The van der Waals surface area contributed by atoms with Crippen LogP contribution in [-0.4, -0.2) is 28.6 Å². The van der Waals surface area contributed by atoms with Gasteiger partial charge in [0.1, 0.15) is 5.01 Å². The molecule has 0 aliphatic carbocycles. The monoisotopic (exact) mass is 372 g/mol. The van der Waals surface area contributed by atoms with E-state index in [-0.39, 0.29) is 29.6 Å². The second-order valence-electron chi connectivity index (χ2n) is 7.33. The molecule has 6 nitrogen and oxygen atoms in total. The maximum atomic E-state index is 12.6. The molecule has 2 amide bonds. The van der Waals surface area contributed by atoms with Crippen LogP contribution in [0.25, 0.3) is 0 Å². The predicted octanol–water partition coefficient (Wildman–Crippen LogP) is 3.53. The van der Waals surface area contributed by atoms with E-state index in [2.05, 4.69) is 36.3 Å². The Morgan fingerprint density at radius 1 is 1.35 bits per heavy atom. The lowest BCUT2D eigenvalue weighted by Crippen LogP contribution is -2.28. The number of amides is 2. The molecule has 0 saturated carbocycles. The predicted molar refractivity (Wildman–Crippen MR) is 103 cm³/mol. The van der Waals surface area contributed by atoms with Crippen molar-refractivity contribution in [2.45, 2.75) is 46.0 Å². The summed E-state index contributed by atoms with van der Waals surface area (Å²) in [6.45, 7) is 8.67. The number of hydrogen-bond acceptors (Lipinski definition) is 5. The van der Waals surface area contributed by atoms with Gasteiger partial charge in [-0.1, -0.05) is 50.3 Å². The highest BCUT2D eigenvalue weighted by Crippen LogP contribution is 2.32. The highest BCUT2D eigenvalue weighted by Gasteiger charge is 2.36. The average molecular weight is 372 g/mol. The van der Waals surface area contributed by atoms with Crippen LogP contribution >= 0.6 is 11.3 Å². The number of nitrogens with zero attached hydrogens (tertiary/aromatic N) is 3. The quantitative estimate of drug-likeness (QED) is 0.871. The lowest BCUT2D eigenvalue weighted by atomic mass is 9.91. The van der Waals surface area contributed by atoms with Crippen molar-refractivity contribution < 1.29 is 9.59 Å². The van der Waals surface area contributed by atoms with Gasteiger partial charge in [0.25, 0.3) is 0 Å². The van der Waals surface area contributed by atoms with Crippen LogP contribution in [0.3, 0.4) is 0 Å². The average Bonchev–Trinajstić information content (AvgIpc) is 3.23. The van der Waals surface area contributed by atoms with Gasteiger partial charge in [-0.3, -0.25) is 9.59 Å². The van der Waals surface area contributed by atoms with E-state index in [9.17, 15) is 9.59 Å². The number of para-hydroxylation sites is 1. The molecule has 0 spiro atoms. The third-order valence-electron chi connectivity index (χ3n) is 5.02. The van der Waals surface area contributed by atoms with Crippen LogP contribution in [-0.2, 0) is 15.0 Å². The minimum absolute atomic E-state index is 0.0236. The van der Waals surface area contributed by atoms with Crippen molar-refractivity contribution in [1.29, 1.82) is 0 Å². The number of carbonyl (C=O) groups is 2. The fraction of sp³-hybridized carbons (Fsp3) is 0.474. The molecule has 7 heteroatoms. The number of hydrogen-bond donors (Lipinski definition) is 1. The molecule has 0 radical (unpaired) electrons. The van der Waals surface area contributed by atoms with Crippen LogP contribution in [0, 0.1) is 12.8 Å². The van der Waals surface area contributed by atoms with E-state index in [4.69, 9.17) is 0 Å². The first-order chi connectivity index (χ1) is 12.3. The SMILES string of the molecule is CCC(C)(C)c1nnc(NC(=O)C2CC(=O)N(c3ccccc3C)C2)s1. The van der Waals surface area contributed by atoms with Gasteiger partial charge in [-0.2, -0.15) is 0 Å². The normalized spacial score (nSPS) is 17.6. The molecule has 1 saturated heterocycles. The summed E-state index contributed by atoms with van der Waals surface area (Å²) in [4.78, 5) is 26.7. The zero-order valence-corrected chi connectivity index (χ0v) is 16.4. The molecule has 1 fully saturated rings. The molecule has 2 aromatic rings. The Labute approximate surface area is 157 Å². The number of anilines is 2. The zero-order valence-electron chi connectivity index (χ0n) is 15.6. The summed E-state index contributed by atoms with van der Waals surface area (Å²) >= 11 is 1.40. The van der Waals surface area contributed by atoms with Crippen molar-refractivity contribution in [3.63, 3.8) is 0 Å². The third kappa shape index (κ3) is 3.62. The molecule has 26 heavy (non-hydrogen) atoms. The number of nitrogens with one attached hydrogen (secondary N) is 1. The minimum atomic E-state index is -0.381. The van der Waals surface area contributed by atoms with Gasteiger partial charge in [-0.25, -0.2) is 0 Å². The van der Waals surface area contributed by atoms with Crippen molar-refractivity contribution in [3.8, 4) is 0 Å². The van der Waals surface area contributed by atoms with Gasteiger partial charge in [0, 0.05) is 24.1 Å². The van der Waals surface area contributed by atoms with E-state index in [1.54, 1.807) is 4.90 Å². The molecule has 1 unspecified atom stereocenters. The van der Waals surface area contributed by atoms with Gasteiger partial charge in [-0.05, 0) is 25.0 Å². The van der Waals surface area contributed by atoms with Crippen molar-refractivity contribution in [2.24, 2.45) is 5.92 Å². The molecule has 2 heterocycles. The van der Waals surface area contributed by atoms with Gasteiger partial charge in [0.2, 0.25) is 16.9 Å². The number of aryl methyl sites for hydroxylation is 1. The molecule has 1 N–H and O–H groups in total. The molecular weight excluding hydrogens is 348 g/mol. The molecular formula is C19H24N4O2S. The van der Waals surface area contributed by atoms with Gasteiger partial charge in [0.15, 0.2) is 0 Å². The number of carbonyl (C=O) groups excluding carboxylic acids is 2. The second-order valence-corrected chi connectivity index (χ2v) is 8.31. The first-order valence-electron chi connectivity index (χ1n) is 8.82. The van der Waals surface area contributed by atoms with Gasteiger partial charge in [0.05, 0.1) is 5.92 Å². The van der Waals surface area contributed by atoms with Crippen LogP contribution in [0.5, 0.6) is 0 Å². The summed E-state index contributed by atoms with van der Waals surface area (Å²) in [6.07, 6.45) is 1.16. The van der Waals surface area contributed by atoms with Crippen LogP contribution in [0.15, 0.2) is 24.3 Å². The standard InChI is InChI=1S/C19H24N4O2S/c1-5-19(3,4)17-21-22-18(26-17)20-16(25)13-10-15(24)23(11-13)14-9-7-6-8-12(14)2/h6-9,13H,5,10-11H2,1-4H3,(H,20,22,25). The summed E-state index contributed by atoms with van der Waals surface area (Å²) in [5.41, 5.74) is 1.83. The first-order valence-corrected chi connectivity index (χ1v) is 9.64. The van der Waals surface area contributed by atoms with E-state index < -0.39 is 0 Å². The summed E-state index contributed by atoms with van der Waals surface area (Å²) in [5.74, 6) is -0.579. The fourth-order valence-electron chi connectivity index (χ4n) is 2.89. The van der Waals surface area contributed by atoms with E-state index in [0.717, 1.165) is 22.7 Å². The lowest BCUT2D eigenvalue weighted by molar-refractivity contribution is -0.122. The first kappa shape index (κ1) is 18.5. The summed E-state index contributed by atoms with van der Waals surface area (Å²) < 4.78 is 0. The Morgan fingerprint density at radius 2 is 2.08 bits per heavy atom. The molecule has 0 bridgehead atoms. The minimum Gasteiger partial charge on any atom is -0.311 e. The summed E-state index contributed by atoms with van der Waals surface area (Å²) in [5, 5.41) is 12.5. The van der Waals surface area contributed by atoms with Crippen molar-refractivity contribution >= 4 is 34.0 Å². The highest BCUT2D eigenvalue weighted by atomic mass is 32.1. The van der Waals surface area contributed by atoms with E-state index in [0.29, 0.717) is 11.7 Å². The molecule has 1 aromatic carbocycles. The molecule has 1 aliphatic rings. The van der Waals surface area contributed by atoms with Gasteiger partial charge >= 0.3 is 0 Å². The molecule has 1 aliphatic heterocycles.